The molecule has 2 aromatic heterocycles. The van der Waals surface area contributed by atoms with Crippen molar-refractivity contribution in [2.45, 2.75) is 25.3 Å². The van der Waals surface area contributed by atoms with Crippen molar-refractivity contribution in [1.29, 1.82) is 0 Å². The summed E-state index contributed by atoms with van der Waals surface area (Å²) in [4.78, 5) is 35.9. The van der Waals surface area contributed by atoms with E-state index in [1.165, 1.54) is 0 Å². The third-order valence-corrected chi connectivity index (χ3v) is 5.91. The number of fused-ring (bicyclic) bond motifs is 2. The lowest BCUT2D eigenvalue weighted by molar-refractivity contribution is -0.131. The lowest BCUT2D eigenvalue weighted by Gasteiger charge is -2.26. The van der Waals surface area contributed by atoms with Crippen LogP contribution in [-0.2, 0) is 18.3 Å². The van der Waals surface area contributed by atoms with Crippen LogP contribution in [0.4, 0.5) is 0 Å². The molecule has 1 atom stereocenters. The third kappa shape index (κ3) is 2.92. The number of aromatic nitrogens is 3. The van der Waals surface area contributed by atoms with E-state index in [1.54, 1.807) is 17.7 Å². The average Bonchev–Trinajstić information content (AvgIpc) is 3.38. The monoisotopic (exact) mass is 386 g/mol. The summed E-state index contributed by atoms with van der Waals surface area (Å²) in [6, 6.07) is 15.2. The lowest BCUT2D eigenvalue weighted by atomic mass is 10.1. The van der Waals surface area contributed by atoms with Gasteiger partial charge in [-0.25, -0.2) is 4.98 Å². The Morgan fingerprint density at radius 3 is 2.76 bits per heavy atom. The number of benzene rings is 2. The Labute approximate surface area is 167 Å². The highest BCUT2D eigenvalue weighted by molar-refractivity contribution is 5.89. The molecule has 0 spiro atoms. The highest BCUT2D eigenvalue weighted by Crippen LogP contribution is 2.32. The van der Waals surface area contributed by atoms with E-state index in [-0.39, 0.29) is 17.5 Å². The molecule has 1 unspecified atom stereocenters. The highest BCUT2D eigenvalue weighted by atomic mass is 16.2. The van der Waals surface area contributed by atoms with E-state index in [2.05, 4.69) is 4.98 Å². The molecule has 1 N–H and O–H groups in total. The quantitative estimate of drug-likeness (QED) is 0.587. The number of likely N-dealkylation sites (tertiary alicyclic amines) is 1. The maximum absolute atomic E-state index is 13.2. The molecule has 0 aliphatic carbocycles. The Hall–Kier alpha value is -3.41. The second-order valence-corrected chi connectivity index (χ2v) is 7.63. The van der Waals surface area contributed by atoms with Crippen LogP contribution in [0.15, 0.2) is 59.5 Å². The number of amides is 1. The van der Waals surface area contributed by atoms with E-state index in [1.807, 2.05) is 53.6 Å². The number of carbonyl (C=O) groups excluding carboxylic acids is 1. The molecule has 1 saturated heterocycles. The molecule has 1 aliphatic heterocycles. The molecule has 0 radical (unpaired) electrons. The van der Waals surface area contributed by atoms with Gasteiger partial charge in [0.05, 0.1) is 23.4 Å². The van der Waals surface area contributed by atoms with Crippen molar-refractivity contribution >= 4 is 27.7 Å². The van der Waals surface area contributed by atoms with Gasteiger partial charge in [-0.2, -0.15) is 0 Å². The molecule has 6 heteroatoms. The van der Waals surface area contributed by atoms with E-state index in [0.717, 1.165) is 29.3 Å². The molecule has 2 aromatic carbocycles. The zero-order valence-corrected chi connectivity index (χ0v) is 16.3. The molecule has 6 nitrogen and oxygen atoms in total. The van der Waals surface area contributed by atoms with Crippen molar-refractivity contribution in [3.05, 3.63) is 76.5 Å². The number of nitrogens with zero attached hydrogens (tertiary/aromatic N) is 3. The average molecular weight is 386 g/mol. The summed E-state index contributed by atoms with van der Waals surface area (Å²) in [5.74, 6) is 0.734. The summed E-state index contributed by atoms with van der Waals surface area (Å²) in [6.45, 7) is 0.689. The van der Waals surface area contributed by atoms with Crippen LogP contribution in [0.2, 0.25) is 0 Å². The number of rotatable bonds is 3. The van der Waals surface area contributed by atoms with Crippen LogP contribution < -0.4 is 5.56 Å². The number of carbonyl (C=O) groups is 1. The van der Waals surface area contributed by atoms with Crippen molar-refractivity contribution in [3.8, 4) is 0 Å². The third-order valence-electron chi connectivity index (χ3n) is 5.91. The SMILES string of the molecule is Cn1c(C2CCCN2C(=O)Cc2c[nH]c3ccccc23)nc2ccccc2c1=O. The van der Waals surface area contributed by atoms with Crippen molar-refractivity contribution in [1.82, 2.24) is 19.4 Å². The normalized spacial score (nSPS) is 16.7. The van der Waals surface area contributed by atoms with Crippen LogP contribution in [-0.4, -0.2) is 31.9 Å². The number of hydrogen-bond donors (Lipinski definition) is 1. The fourth-order valence-electron chi connectivity index (χ4n) is 4.41. The fourth-order valence-corrected chi connectivity index (χ4v) is 4.41. The topological polar surface area (TPSA) is 71.0 Å². The van der Waals surface area contributed by atoms with Crippen LogP contribution in [0.3, 0.4) is 0 Å². The molecule has 1 aliphatic rings. The molecule has 1 amide bonds. The zero-order valence-electron chi connectivity index (χ0n) is 16.3. The van der Waals surface area contributed by atoms with Gasteiger partial charge in [0, 0.05) is 30.7 Å². The Balaban J connectivity index is 1.49. The van der Waals surface area contributed by atoms with Crippen LogP contribution in [0, 0.1) is 0 Å². The molecule has 5 rings (SSSR count). The minimum Gasteiger partial charge on any atom is -0.361 e. The molecule has 146 valence electrons. The van der Waals surface area contributed by atoms with Gasteiger partial charge in [0.25, 0.3) is 5.56 Å². The second-order valence-electron chi connectivity index (χ2n) is 7.63. The zero-order chi connectivity index (χ0) is 20.0. The van der Waals surface area contributed by atoms with Crippen molar-refractivity contribution in [3.63, 3.8) is 0 Å². The number of nitrogens with one attached hydrogen (secondary N) is 1. The van der Waals surface area contributed by atoms with Crippen LogP contribution >= 0.6 is 0 Å². The summed E-state index contributed by atoms with van der Waals surface area (Å²) < 4.78 is 1.60. The molecule has 0 bridgehead atoms. The molecular formula is C23H22N4O2. The predicted octanol–water partition coefficient (Wildman–Crippen LogP) is 3.32. The molecule has 29 heavy (non-hydrogen) atoms. The van der Waals surface area contributed by atoms with Gasteiger partial charge in [-0.1, -0.05) is 30.3 Å². The summed E-state index contributed by atoms with van der Waals surface area (Å²) in [6.07, 6.45) is 3.98. The van der Waals surface area contributed by atoms with E-state index < -0.39 is 0 Å². The Bertz CT molecular complexity index is 1290. The van der Waals surface area contributed by atoms with Gasteiger partial charge < -0.3 is 9.88 Å². The smallest absolute Gasteiger partial charge is 0.261 e. The van der Waals surface area contributed by atoms with Gasteiger partial charge in [-0.15, -0.1) is 0 Å². The largest absolute Gasteiger partial charge is 0.361 e. The fraction of sp³-hybridized carbons (Fsp3) is 0.261. The first-order valence-electron chi connectivity index (χ1n) is 9.93. The Morgan fingerprint density at radius 1 is 1.14 bits per heavy atom. The van der Waals surface area contributed by atoms with E-state index in [9.17, 15) is 9.59 Å². The summed E-state index contributed by atoms with van der Waals surface area (Å²) in [7, 11) is 1.75. The van der Waals surface area contributed by atoms with Crippen molar-refractivity contribution < 1.29 is 4.79 Å². The minimum absolute atomic E-state index is 0.0680. The molecule has 0 saturated carbocycles. The first-order valence-corrected chi connectivity index (χ1v) is 9.93. The first kappa shape index (κ1) is 17.7. The summed E-state index contributed by atoms with van der Waals surface area (Å²) >= 11 is 0. The van der Waals surface area contributed by atoms with Gasteiger partial charge in [0.1, 0.15) is 5.82 Å². The van der Waals surface area contributed by atoms with E-state index in [4.69, 9.17) is 4.98 Å². The highest BCUT2D eigenvalue weighted by Gasteiger charge is 2.33. The molecule has 1 fully saturated rings. The summed E-state index contributed by atoms with van der Waals surface area (Å²) in [5, 5.41) is 1.68. The van der Waals surface area contributed by atoms with Gasteiger partial charge in [-0.05, 0) is 36.6 Å². The number of H-pyrrole nitrogens is 1. The predicted molar refractivity (Wildman–Crippen MR) is 113 cm³/mol. The minimum atomic E-state index is -0.171. The maximum Gasteiger partial charge on any atom is 0.261 e. The van der Waals surface area contributed by atoms with Crippen molar-refractivity contribution in [2.75, 3.05) is 6.54 Å². The Morgan fingerprint density at radius 2 is 1.90 bits per heavy atom. The number of para-hydroxylation sites is 2. The van der Waals surface area contributed by atoms with Crippen molar-refractivity contribution in [2.24, 2.45) is 7.05 Å². The molecule has 3 heterocycles. The number of aromatic amines is 1. The second kappa shape index (κ2) is 6.88. The lowest BCUT2D eigenvalue weighted by Crippen LogP contribution is -2.35. The molecule has 4 aromatic rings. The van der Waals surface area contributed by atoms with Crippen LogP contribution in [0.1, 0.15) is 30.3 Å². The standard InChI is InChI=1S/C23H22N4O2/c1-26-22(25-19-10-5-3-8-17(19)23(26)29)20-11-6-12-27(20)21(28)13-15-14-24-18-9-4-2-7-16(15)18/h2-5,7-10,14,20,24H,6,11-13H2,1H3. The van der Waals surface area contributed by atoms with Gasteiger partial charge in [0.15, 0.2) is 0 Å². The van der Waals surface area contributed by atoms with Crippen LogP contribution in [0.25, 0.3) is 21.8 Å². The number of hydrogen-bond acceptors (Lipinski definition) is 3. The van der Waals surface area contributed by atoms with E-state index in [0.29, 0.717) is 29.7 Å². The maximum atomic E-state index is 13.2. The van der Waals surface area contributed by atoms with E-state index >= 15 is 0 Å². The van der Waals surface area contributed by atoms with Gasteiger partial charge in [0.2, 0.25) is 5.91 Å². The Kier molecular flexibility index (Phi) is 4.19. The van der Waals surface area contributed by atoms with Gasteiger partial charge >= 0.3 is 0 Å². The molecular weight excluding hydrogens is 364 g/mol. The van der Waals surface area contributed by atoms with Gasteiger partial charge in [-0.3, -0.25) is 14.2 Å². The summed E-state index contributed by atoms with van der Waals surface area (Å²) in [5.41, 5.74) is 2.64. The van der Waals surface area contributed by atoms with Crippen LogP contribution in [0.5, 0.6) is 0 Å². The first-order chi connectivity index (χ1) is 14.1.